The van der Waals surface area contributed by atoms with Gasteiger partial charge >= 0.3 is 12.1 Å². The molecule has 0 saturated carbocycles. The number of esters is 1. The van der Waals surface area contributed by atoms with Crippen LogP contribution in [0.25, 0.3) is 0 Å². The lowest BCUT2D eigenvalue weighted by Crippen LogP contribution is -2.53. The van der Waals surface area contributed by atoms with E-state index in [2.05, 4.69) is 26.6 Å². The van der Waals surface area contributed by atoms with E-state index < -0.39 is 77.3 Å². The Kier molecular flexibility index (Phi) is 15.5. The number of hydrogen-bond acceptors (Lipinski definition) is 11. The number of ether oxygens (including phenoxy) is 4. The van der Waals surface area contributed by atoms with Crippen molar-refractivity contribution in [2.75, 3.05) is 14.2 Å². The Morgan fingerprint density at radius 2 is 1.45 bits per heavy atom. The van der Waals surface area contributed by atoms with Crippen LogP contribution < -0.4 is 36.1 Å². The quantitative estimate of drug-likeness (QED) is 0.0836. The van der Waals surface area contributed by atoms with Crippen LogP contribution in [-0.4, -0.2) is 72.7 Å². The molecule has 0 unspecified atom stereocenters. The minimum absolute atomic E-state index is 0.00682. The molecule has 0 radical (unpaired) electrons. The molecule has 4 bridgehead atoms. The average molecular weight is 920 g/mol. The molecular weight excluding hydrogens is 870 g/mol. The van der Waals surface area contributed by atoms with Gasteiger partial charge in [0.15, 0.2) is 11.5 Å². The van der Waals surface area contributed by atoms with Gasteiger partial charge in [-0.05, 0) is 85.0 Å². The maximum Gasteiger partial charge on any atom is 0.408 e. The van der Waals surface area contributed by atoms with Gasteiger partial charge in [0, 0.05) is 17.9 Å². The summed E-state index contributed by atoms with van der Waals surface area (Å²) < 4.78 is 22.2. The Morgan fingerprint density at radius 1 is 0.803 bits per heavy atom. The molecule has 344 valence electrons. The number of carbonyl (C=O) groups excluding carboxylic acids is 6. The molecule has 17 heteroatoms. The summed E-state index contributed by atoms with van der Waals surface area (Å²) >= 11 is 6.12. The topological polar surface area (TPSA) is 220 Å². The van der Waals surface area contributed by atoms with Crippen LogP contribution in [0.5, 0.6) is 23.0 Å². The molecule has 2 aliphatic heterocycles. The Labute approximate surface area is 386 Å². The summed E-state index contributed by atoms with van der Waals surface area (Å²) in [7, 11) is 2.50. The lowest BCUT2D eigenvalue weighted by molar-refractivity contribution is -0.145. The molecule has 2 heterocycles. The third kappa shape index (κ3) is 12.6. The second-order valence-corrected chi connectivity index (χ2v) is 16.7. The third-order valence-electron chi connectivity index (χ3n) is 10.3. The van der Waals surface area contributed by atoms with Crippen LogP contribution in [0, 0.1) is 0 Å². The molecule has 0 aliphatic carbocycles. The smallest absolute Gasteiger partial charge is 0.408 e. The van der Waals surface area contributed by atoms with Gasteiger partial charge in [-0.25, -0.2) is 9.59 Å². The second kappa shape index (κ2) is 21.4. The Balaban J connectivity index is 1.43. The van der Waals surface area contributed by atoms with E-state index in [1.165, 1.54) is 26.4 Å². The van der Waals surface area contributed by atoms with E-state index in [1.807, 2.05) is 0 Å². The Bertz CT molecular complexity index is 2540. The molecule has 5 atom stereocenters. The number of nitrogens with one attached hydrogen (secondary N) is 5. The maximum absolute atomic E-state index is 14.9. The highest BCUT2D eigenvalue weighted by molar-refractivity contribution is 6.30. The van der Waals surface area contributed by atoms with Crippen molar-refractivity contribution in [3.63, 3.8) is 0 Å². The van der Waals surface area contributed by atoms with Crippen molar-refractivity contribution in [2.45, 2.75) is 69.4 Å². The van der Waals surface area contributed by atoms with Gasteiger partial charge in [-0.3, -0.25) is 19.2 Å². The fraction of sp³-hybridized carbons (Fsp3) is 0.265. The molecule has 7 rings (SSSR count). The predicted octanol–water partition coefficient (Wildman–Crippen LogP) is 6.07. The highest BCUT2D eigenvalue weighted by atomic mass is 35.5. The number of aromatic hydroxyl groups is 1. The molecular formula is C49H50ClN5O11. The van der Waals surface area contributed by atoms with E-state index in [0.29, 0.717) is 27.3 Å². The standard InChI is InChI=1S/C49H50ClN5O11/c1-49(2,3)66-48(62)52-35(24-28-16-20-33(50)21-17-28)43(57)53-40(31-14-10-7-11-15-31)45(59)55-41-32-26-37(56)42(63-4)38(27-32)65-34-22-18-29(19-23-34)25-36(47(61)64-5)51-44(58)39(54-46(41)60)30-12-8-6-9-13-30/h6-23,26-27,35-36,39-41,56H,24-25H2,1-5H3,(H,51,58)(H,52,62)(H,53,57)(H,54,60)(H,55,59)/t35-,36-,39+,40+,41+/m1/s1. The van der Waals surface area contributed by atoms with E-state index in [-0.39, 0.29) is 35.7 Å². The predicted molar refractivity (Wildman–Crippen MR) is 243 cm³/mol. The van der Waals surface area contributed by atoms with E-state index >= 15 is 0 Å². The van der Waals surface area contributed by atoms with E-state index in [4.69, 9.17) is 30.5 Å². The zero-order chi connectivity index (χ0) is 47.5. The van der Waals surface area contributed by atoms with Crippen molar-refractivity contribution >= 4 is 47.3 Å². The second-order valence-electron chi connectivity index (χ2n) is 16.3. The number of fused-ring (bicyclic) bond motifs is 9. The summed E-state index contributed by atoms with van der Waals surface area (Å²) in [6.07, 6.45) is -0.914. The Hall–Kier alpha value is -7.59. The molecule has 66 heavy (non-hydrogen) atoms. The fourth-order valence-corrected chi connectivity index (χ4v) is 7.23. The number of amides is 5. The van der Waals surface area contributed by atoms with Crippen molar-refractivity contribution in [1.29, 1.82) is 0 Å². The molecule has 5 aromatic carbocycles. The summed E-state index contributed by atoms with van der Waals surface area (Å²) in [6.45, 7) is 5.01. The lowest BCUT2D eigenvalue weighted by Gasteiger charge is -2.28. The average Bonchev–Trinajstić information content (AvgIpc) is 3.29. The first-order valence-corrected chi connectivity index (χ1v) is 21.2. The summed E-state index contributed by atoms with van der Waals surface area (Å²) in [5.74, 6) is -4.49. The molecule has 5 amide bonds. The van der Waals surface area contributed by atoms with Crippen molar-refractivity contribution in [1.82, 2.24) is 26.6 Å². The van der Waals surface area contributed by atoms with E-state index in [1.54, 1.807) is 130 Å². The normalized spacial score (nSPS) is 17.1. The number of benzene rings is 5. The maximum atomic E-state index is 14.9. The molecule has 6 N–H and O–H groups in total. The number of phenols is 1. The van der Waals surface area contributed by atoms with Gasteiger partial charge < -0.3 is 50.6 Å². The molecule has 2 aliphatic rings. The molecule has 0 fully saturated rings. The minimum atomic E-state index is -1.71. The summed E-state index contributed by atoms with van der Waals surface area (Å²) in [5, 5.41) is 25.3. The fourth-order valence-electron chi connectivity index (χ4n) is 7.10. The molecule has 0 spiro atoms. The van der Waals surface area contributed by atoms with E-state index in [9.17, 15) is 33.9 Å². The Morgan fingerprint density at radius 3 is 2.08 bits per heavy atom. The number of hydrogen-bond donors (Lipinski definition) is 6. The van der Waals surface area contributed by atoms with Gasteiger partial charge in [-0.1, -0.05) is 96.5 Å². The molecule has 0 aromatic heterocycles. The van der Waals surface area contributed by atoms with Gasteiger partial charge in [-0.2, -0.15) is 0 Å². The molecule has 5 aromatic rings. The van der Waals surface area contributed by atoms with Gasteiger partial charge in [0.1, 0.15) is 41.6 Å². The van der Waals surface area contributed by atoms with Crippen LogP contribution in [-0.2, 0) is 46.3 Å². The largest absolute Gasteiger partial charge is 0.504 e. The van der Waals surface area contributed by atoms with Crippen LogP contribution in [0.3, 0.4) is 0 Å². The van der Waals surface area contributed by atoms with Crippen molar-refractivity contribution in [3.05, 3.63) is 154 Å². The number of alkyl carbamates (subject to hydrolysis) is 1. The van der Waals surface area contributed by atoms with Crippen molar-refractivity contribution < 1.29 is 52.8 Å². The highest BCUT2D eigenvalue weighted by Gasteiger charge is 2.36. The van der Waals surface area contributed by atoms with Crippen molar-refractivity contribution in [2.24, 2.45) is 0 Å². The number of phenolic OH excluding ortho intramolecular Hbond substituents is 1. The number of carbonyl (C=O) groups is 6. The zero-order valence-electron chi connectivity index (χ0n) is 36.8. The van der Waals surface area contributed by atoms with Crippen LogP contribution in [0.1, 0.15) is 66.7 Å². The third-order valence-corrected chi connectivity index (χ3v) is 10.5. The zero-order valence-corrected chi connectivity index (χ0v) is 37.5. The van der Waals surface area contributed by atoms with Crippen LogP contribution in [0.2, 0.25) is 5.02 Å². The van der Waals surface area contributed by atoms with Gasteiger partial charge in [-0.15, -0.1) is 0 Å². The lowest BCUT2D eigenvalue weighted by atomic mass is 9.99. The SMILES string of the molecule is COC(=O)[C@H]1Cc2ccc(cc2)Oc2cc(cc(O)c2OC)[C@H](NC(=O)[C@@H](NC(=O)[C@@H](Cc2ccc(Cl)cc2)NC(=O)OC(C)(C)C)c2ccccc2)C(=O)N[C@@H](c2ccccc2)C(=O)N1. The van der Waals surface area contributed by atoms with Crippen LogP contribution in [0.4, 0.5) is 4.79 Å². The van der Waals surface area contributed by atoms with Crippen LogP contribution >= 0.6 is 11.6 Å². The minimum Gasteiger partial charge on any atom is -0.504 e. The summed E-state index contributed by atoms with van der Waals surface area (Å²) in [4.78, 5) is 84.5. The van der Waals surface area contributed by atoms with Gasteiger partial charge in [0.05, 0.1) is 14.2 Å². The first-order valence-electron chi connectivity index (χ1n) is 20.8. The summed E-state index contributed by atoms with van der Waals surface area (Å²) in [6, 6.07) is 25.0. The van der Waals surface area contributed by atoms with Crippen molar-refractivity contribution in [3.8, 4) is 23.0 Å². The summed E-state index contributed by atoms with van der Waals surface area (Å²) in [5.41, 5.74) is 0.943. The van der Waals surface area contributed by atoms with Gasteiger partial charge in [0.25, 0.3) is 0 Å². The first-order chi connectivity index (χ1) is 31.5. The molecule has 16 nitrogen and oxygen atoms in total. The number of rotatable bonds is 11. The van der Waals surface area contributed by atoms with Gasteiger partial charge in [0.2, 0.25) is 29.4 Å². The monoisotopic (exact) mass is 919 g/mol. The molecule has 0 saturated heterocycles. The number of methoxy groups -OCH3 is 2. The van der Waals surface area contributed by atoms with Crippen LogP contribution in [0.15, 0.2) is 121 Å². The number of halogens is 1. The highest BCUT2D eigenvalue weighted by Crippen LogP contribution is 2.42. The first kappa shape index (κ1) is 47.9. The van der Waals surface area contributed by atoms with E-state index in [0.717, 1.165) is 0 Å².